The number of ether oxygens (including phenoxy) is 2. The second-order valence-electron chi connectivity index (χ2n) is 21.4. The lowest BCUT2D eigenvalue weighted by Crippen LogP contribution is -2.56. The number of cyclic esters (lactones) is 1. The number of amides is 8. The zero-order valence-corrected chi connectivity index (χ0v) is 45.3. The summed E-state index contributed by atoms with van der Waals surface area (Å²) in [6.45, 7) is 1.30. The predicted molar refractivity (Wildman–Crippen MR) is 285 cm³/mol. The number of fused-ring (bicyclic) bond motifs is 5. The topological polar surface area (TPSA) is 352 Å². The number of carboxylic acids is 1. The minimum atomic E-state index is -2.06. The third-order valence-electron chi connectivity index (χ3n) is 16.1. The number of hydrogen-bond acceptors (Lipinski definition) is 16. The Morgan fingerprint density at radius 1 is 0.902 bits per heavy atom. The van der Waals surface area contributed by atoms with E-state index in [1.165, 1.54) is 17.6 Å². The summed E-state index contributed by atoms with van der Waals surface area (Å²) in [4.78, 5) is 149. The van der Waals surface area contributed by atoms with Gasteiger partial charge in [-0.1, -0.05) is 50.6 Å². The standard InChI is InChI=1S/C56H63FN10O15/c1-4-56(80)34-17-39-48-32(24-66(39)52(77)33(34)25-82-54(56)79)47-36(12-11-31-29(3)35(57)18-37(64-48)46(31)47)65-53(78)55(13-8-14-55)26-81-27-62-42(69)21-60-49(74)38(16-30-9-6-5-7-10-30)63-43(70)22-59-41(68)20-61-50(75)40(19-58-23-45(72)73)67-44(71)15-28(2)51(67)76/h5-7,9-10,17-18,28,36,38,40,58,80H,4,8,11-16,19-27H2,1-3H3,(H,59,68)(H,60,74)(H,61,75)(H,62,69)(H,63,70)(H,65,78)(H,72,73)/t28?,36-,38-,40+,56-/m0/s1. The SMILES string of the molecule is CC[C@@]1(O)C(=O)OCc2c1cc1n(c2=O)Cc2c-1nc1cc(F)c(C)c3c1c2[C@@H](NC(=O)C1(COCNC(=O)CNC(=O)[C@H](Cc2ccccc2)NC(=O)CNC(=O)CNC(=O)[C@@H](CNCC(=O)O)N2C(=O)CC(C)C2=O)CCC1)CC3. The first-order chi connectivity index (χ1) is 39.1. The number of hydrogen-bond donors (Lipinski definition) is 9. The fourth-order valence-corrected chi connectivity index (χ4v) is 11.4. The van der Waals surface area contributed by atoms with Crippen LogP contribution in [0, 0.1) is 24.1 Å². The molecule has 4 aromatic rings. The molecule has 1 unspecified atom stereocenters. The first-order valence-electron chi connectivity index (χ1n) is 27.1. The van der Waals surface area contributed by atoms with Crippen LogP contribution in [-0.4, -0.2) is 142 Å². The van der Waals surface area contributed by atoms with E-state index in [2.05, 4.69) is 37.2 Å². The average molecular weight is 1140 g/mol. The van der Waals surface area contributed by atoms with Gasteiger partial charge in [-0.15, -0.1) is 0 Å². The Morgan fingerprint density at radius 2 is 1.61 bits per heavy atom. The molecule has 9 N–H and O–H groups in total. The van der Waals surface area contributed by atoms with Gasteiger partial charge in [-0.05, 0) is 67.3 Å². The number of nitrogens with one attached hydrogen (secondary N) is 7. The molecule has 1 saturated carbocycles. The number of imide groups is 1. The maximum Gasteiger partial charge on any atom is 0.343 e. The summed E-state index contributed by atoms with van der Waals surface area (Å²) in [7, 11) is 0. The molecule has 2 fully saturated rings. The number of nitrogens with zero attached hydrogens (tertiary/aromatic N) is 3. The van der Waals surface area contributed by atoms with Crippen molar-refractivity contribution in [2.75, 3.05) is 46.1 Å². The zero-order chi connectivity index (χ0) is 58.8. The van der Waals surface area contributed by atoms with Gasteiger partial charge in [0.2, 0.25) is 47.3 Å². The molecular weight excluding hydrogens is 1070 g/mol. The largest absolute Gasteiger partial charge is 0.480 e. The number of carbonyl (C=O) groups excluding carboxylic acids is 9. The van der Waals surface area contributed by atoms with E-state index >= 15 is 4.39 Å². The highest BCUT2D eigenvalue weighted by Crippen LogP contribution is 2.48. The summed E-state index contributed by atoms with van der Waals surface area (Å²) < 4.78 is 28.2. The highest BCUT2D eigenvalue weighted by molar-refractivity contribution is 6.07. The molecule has 0 radical (unpaired) electrons. The van der Waals surface area contributed by atoms with Crippen LogP contribution in [0.15, 0.2) is 47.3 Å². The molecule has 0 spiro atoms. The summed E-state index contributed by atoms with van der Waals surface area (Å²) in [6, 6.07) is 8.28. The van der Waals surface area contributed by atoms with Gasteiger partial charge < -0.3 is 61.5 Å². The first-order valence-corrected chi connectivity index (χ1v) is 27.1. The number of esters is 1. The quantitative estimate of drug-likeness (QED) is 0.0171. The van der Waals surface area contributed by atoms with E-state index < -0.39 is 132 Å². The maximum absolute atomic E-state index is 15.5. The molecule has 434 valence electrons. The molecule has 0 bridgehead atoms. The fraction of sp³-hybridized carbons (Fsp3) is 0.464. The molecule has 2 aromatic carbocycles. The molecule has 2 aliphatic carbocycles. The third kappa shape index (κ3) is 11.5. The summed E-state index contributed by atoms with van der Waals surface area (Å²) in [5.41, 5.74) is 1.02. The Morgan fingerprint density at radius 3 is 2.28 bits per heavy atom. The van der Waals surface area contributed by atoms with Crippen molar-refractivity contribution in [1.29, 1.82) is 0 Å². The lowest BCUT2D eigenvalue weighted by Gasteiger charge is -2.41. The molecule has 82 heavy (non-hydrogen) atoms. The summed E-state index contributed by atoms with van der Waals surface area (Å²) in [6.07, 6.45) is 2.28. The first kappa shape index (κ1) is 58.2. The lowest BCUT2D eigenvalue weighted by atomic mass is 9.68. The number of aliphatic hydroxyl groups is 1. The van der Waals surface area contributed by atoms with Gasteiger partial charge >= 0.3 is 11.9 Å². The number of carbonyl (C=O) groups is 10. The van der Waals surface area contributed by atoms with E-state index in [9.17, 15) is 57.8 Å². The van der Waals surface area contributed by atoms with Crippen LogP contribution in [0.5, 0.6) is 0 Å². The third-order valence-corrected chi connectivity index (χ3v) is 16.1. The highest BCUT2D eigenvalue weighted by Gasteiger charge is 2.48. The van der Waals surface area contributed by atoms with E-state index in [1.807, 2.05) is 0 Å². The molecule has 1 saturated heterocycles. The number of halogens is 1. The number of rotatable bonds is 23. The van der Waals surface area contributed by atoms with Crippen LogP contribution in [0.2, 0.25) is 0 Å². The average Bonchev–Trinajstić information content (AvgIpc) is 3.08. The summed E-state index contributed by atoms with van der Waals surface area (Å²) in [5.74, 6) is -8.82. The van der Waals surface area contributed by atoms with Crippen LogP contribution in [-0.2, 0) is 89.0 Å². The van der Waals surface area contributed by atoms with Crippen LogP contribution in [0.25, 0.3) is 22.3 Å². The van der Waals surface area contributed by atoms with Crippen LogP contribution in [0.4, 0.5) is 4.39 Å². The molecular formula is C56H63FN10O15. The van der Waals surface area contributed by atoms with E-state index in [0.29, 0.717) is 70.2 Å². The molecule has 5 heterocycles. The summed E-state index contributed by atoms with van der Waals surface area (Å²) >= 11 is 0. The lowest BCUT2D eigenvalue weighted by molar-refractivity contribution is -0.172. The maximum atomic E-state index is 15.5. The fourth-order valence-electron chi connectivity index (χ4n) is 11.4. The number of pyridine rings is 2. The van der Waals surface area contributed by atoms with Crippen molar-refractivity contribution in [3.05, 3.63) is 97.6 Å². The van der Waals surface area contributed by atoms with Gasteiger partial charge in [-0.25, -0.2) is 14.2 Å². The Labute approximate surface area is 467 Å². The van der Waals surface area contributed by atoms with E-state index in [1.54, 1.807) is 50.2 Å². The highest BCUT2D eigenvalue weighted by atomic mass is 19.1. The molecule has 25 nitrogen and oxygen atoms in total. The van der Waals surface area contributed by atoms with Gasteiger partial charge in [0.25, 0.3) is 5.56 Å². The normalized spacial score (nSPS) is 19.8. The van der Waals surface area contributed by atoms with Crippen LogP contribution in [0.1, 0.15) is 97.4 Å². The summed E-state index contributed by atoms with van der Waals surface area (Å²) in [5, 5.41) is 39.1. The van der Waals surface area contributed by atoms with Crippen molar-refractivity contribution in [2.24, 2.45) is 11.3 Å². The monoisotopic (exact) mass is 1130 g/mol. The predicted octanol–water partition coefficient (Wildman–Crippen LogP) is -0.595. The minimum Gasteiger partial charge on any atom is -0.480 e. The molecule has 3 aliphatic heterocycles. The van der Waals surface area contributed by atoms with E-state index in [-0.39, 0.29) is 62.8 Å². The van der Waals surface area contributed by atoms with Gasteiger partial charge in [0.05, 0.1) is 73.3 Å². The Hall–Kier alpha value is -8.49. The molecule has 2 aromatic heterocycles. The van der Waals surface area contributed by atoms with Crippen LogP contribution < -0.4 is 42.8 Å². The Balaban J connectivity index is 0.785. The second kappa shape index (κ2) is 23.9. The van der Waals surface area contributed by atoms with Crippen LogP contribution in [0.3, 0.4) is 0 Å². The van der Waals surface area contributed by atoms with Gasteiger partial charge in [-0.3, -0.25) is 52.8 Å². The van der Waals surface area contributed by atoms with Crippen molar-refractivity contribution >= 4 is 70.1 Å². The number of aryl methyl sites for hydroxylation is 1. The Kier molecular flexibility index (Phi) is 17.0. The molecule has 26 heteroatoms. The molecule has 8 amide bonds. The van der Waals surface area contributed by atoms with Gasteiger partial charge in [0, 0.05) is 47.9 Å². The zero-order valence-electron chi connectivity index (χ0n) is 45.3. The van der Waals surface area contributed by atoms with E-state index in [4.69, 9.17) is 19.6 Å². The minimum absolute atomic E-state index is 0.0140. The number of benzene rings is 2. The smallest absolute Gasteiger partial charge is 0.343 e. The number of carboxylic acid groups (broad SMARTS) is 1. The molecule has 9 rings (SSSR count). The molecule has 5 atom stereocenters. The van der Waals surface area contributed by atoms with Crippen molar-refractivity contribution in [3.63, 3.8) is 0 Å². The number of likely N-dealkylation sites (tertiary alicyclic amines) is 1. The van der Waals surface area contributed by atoms with Gasteiger partial charge in [0.1, 0.15) is 31.2 Å². The van der Waals surface area contributed by atoms with Crippen molar-refractivity contribution in [3.8, 4) is 11.4 Å². The second-order valence-corrected chi connectivity index (χ2v) is 21.4. The van der Waals surface area contributed by atoms with Crippen molar-refractivity contribution in [1.82, 2.24) is 51.7 Å². The van der Waals surface area contributed by atoms with E-state index in [0.717, 1.165) is 16.9 Å². The number of aliphatic carboxylic acids is 1. The van der Waals surface area contributed by atoms with Gasteiger partial charge in [-0.2, -0.15) is 0 Å². The van der Waals surface area contributed by atoms with Crippen molar-refractivity contribution in [2.45, 2.75) is 109 Å². The van der Waals surface area contributed by atoms with Gasteiger partial charge in [0.15, 0.2) is 5.60 Å². The molecule has 5 aliphatic rings. The Bertz CT molecular complexity index is 3390. The van der Waals surface area contributed by atoms with Crippen molar-refractivity contribution < 1.29 is 72.0 Å². The van der Waals surface area contributed by atoms with Crippen LogP contribution >= 0.6 is 0 Å². The number of aromatic nitrogens is 2.